The third kappa shape index (κ3) is 10.7. The number of hydrogen-bond donors (Lipinski definition) is 10. The number of esters is 1. The van der Waals surface area contributed by atoms with Crippen LogP contribution in [0.3, 0.4) is 0 Å². The van der Waals surface area contributed by atoms with Gasteiger partial charge >= 0.3 is 5.97 Å². The molecule has 0 saturated carbocycles. The normalized spacial score (nSPS) is 39.6. The predicted octanol–water partition coefficient (Wildman–Crippen LogP) is -5.53. The molecule has 0 aromatic carbocycles. The molecular formula is C29H50N2O18. The number of unbranched alkanes of at least 4 members (excludes halogenated alkanes) is 2. The molecule has 3 fully saturated rings. The molecule has 0 bridgehead atoms. The van der Waals surface area contributed by atoms with Crippen LogP contribution in [0.2, 0.25) is 0 Å². The molecule has 3 aliphatic rings. The van der Waals surface area contributed by atoms with Crippen molar-refractivity contribution >= 4 is 17.8 Å². The van der Waals surface area contributed by atoms with E-state index in [-0.39, 0.29) is 19.0 Å². The minimum Gasteiger partial charge on any atom is -0.469 e. The Kier molecular flexibility index (Phi) is 16.4. The summed E-state index contributed by atoms with van der Waals surface area (Å²) in [7, 11) is 1.28. The fraction of sp³-hybridized carbons (Fsp3) is 0.897. The quantitative estimate of drug-likeness (QED) is 0.0527. The number of aliphatic hydroxyl groups is 8. The van der Waals surface area contributed by atoms with Gasteiger partial charge < -0.3 is 84.6 Å². The molecule has 15 atom stereocenters. The molecular weight excluding hydrogens is 664 g/mol. The monoisotopic (exact) mass is 714 g/mol. The Morgan fingerprint density at radius 1 is 0.612 bits per heavy atom. The topological polar surface area (TPSA) is 302 Å². The van der Waals surface area contributed by atoms with Crippen LogP contribution in [0.1, 0.15) is 39.5 Å². The third-order valence-corrected chi connectivity index (χ3v) is 8.41. The summed E-state index contributed by atoms with van der Waals surface area (Å²) < 4.78 is 39.7. The smallest absolute Gasteiger partial charge is 0.305 e. The molecule has 0 unspecified atom stereocenters. The Morgan fingerprint density at radius 2 is 1.08 bits per heavy atom. The van der Waals surface area contributed by atoms with Crippen LogP contribution in [0.15, 0.2) is 0 Å². The molecule has 2 amide bonds. The van der Waals surface area contributed by atoms with E-state index in [1.165, 1.54) is 7.11 Å². The van der Waals surface area contributed by atoms with Gasteiger partial charge in [-0.05, 0) is 12.8 Å². The molecule has 0 aromatic heterocycles. The van der Waals surface area contributed by atoms with E-state index in [2.05, 4.69) is 15.4 Å². The second-order valence-corrected chi connectivity index (χ2v) is 12.0. The predicted molar refractivity (Wildman–Crippen MR) is 159 cm³/mol. The zero-order valence-corrected chi connectivity index (χ0v) is 27.5. The highest BCUT2D eigenvalue weighted by atomic mass is 16.8. The number of rotatable bonds is 16. The molecule has 3 heterocycles. The lowest BCUT2D eigenvalue weighted by Crippen LogP contribution is -2.70. The van der Waals surface area contributed by atoms with E-state index in [1.54, 1.807) is 0 Å². The summed E-state index contributed by atoms with van der Waals surface area (Å²) in [6.45, 7) is -0.0704. The minimum absolute atomic E-state index is 0.0177. The maximum atomic E-state index is 12.0. The van der Waals surface area contributed by atoms with Gasteiger partial charge in [-0.15, -0.1) is 0 Å². The van der Waals surface area contributed by atoms with Gasteiger partial charge in [-0.2, -0.15) is 0 Å². The first-order chi connectivity index (χ1) is 23.3. The Labute approximate surface area is 282 Å². The number of carbonyl (C=O) groups excluding carboxylic acids is 3. The summed E-state index contributed by atoms with van der Waals surface area (Å²) in [4.78, 5) is 35.4. The number of aliphatic hydroxyl groups excluding tert-OH is 8. The van der Waals surface area contributed by atoms with Gasteiger partial charge in [0, 0.05) is 26.9 Å². The van der Waals surface area contributed by atoms with Crippen molar-refractivity contribution in [3.63, 3.8) is 0 Å². The van der Waals surface area contributed by atoms with Gasteiger partial charge in [0.15, 0.2) is 18.9 Å². The second-order valence-electron chi connectivity index (χ2n) is 12.0. The third-order valence-electron chi connectivity index (χ3n) is 8.41. The van der Waals surface area contributed by atoms with Crippen LogP contribution in [0.25, 0.3) is 0 Å². The number of hydrogen-bond acceptors (Lipinski definition) is 18. The Morgan fingerprint density at radius 3 is 1.53 bits per heavy atom. The standard InChI is InChI=1S/C29H50N2O18/c1-12(35)30-18-22(40)20(38)14(9-32)45-27(18)48-25-16(11-34)47-29(44-8-6-4-5-7-17(37)43-3)24(42)26(25)49-28-19(31-13(2)36)23(41)21(39)15(10-33)46-28/h14-16,18-29,32-34,38-42H,4-11H2,1-3H3,(H,30,35)(H,31,36)/t14-,15-,16-,18-,19-,20-,21-,22-,23-,24-,25+,26-,27+,28+,29-/m1/s1. The van der Waals surface area contributed by atoms with Crippen molar-refractivity contribution in [2.75, 3.05) is 33.5 Å². The average molecular weight is 715 g/mol. The molecule has 0 spiro atoms. The summed E-state index contributed by atoms with van der Waals surface area (Å²) in [5.74, 6) is -1.68. The number of ether oxygens (including phenoxy) is 7. The van der Waals surface area contributed by atoms with Gasteiger partial charge in [0.2, 0.25) is 11.8 Å². The van der Waals surface area contributed by atoms with Gasteiger partial charge in [-0.3, -0.25) is 14.4 Å². The minimum atomic E-state index is -1.77. The van der Waals surface area contributed by atoms with E-state index < -0.39 is 124 Å². The van der Waals surface area contributed by atoms with Gasteiger partial charge in [0.05, 0.1) is 26.9 Å². The molecule has 0 aliphatic carbocycles. The fourth-order valence-electron chi connectivity index (χ4n) is 5.83. The molecule has 284 valence electrons. The Hall–Kier alpha value is -2.15. The largest absolute Gasteiger partial charge is 0.469 e. The van der Waals surface area contributed by atoms with Crippen LogP contribution in [-0.2, 0) is 47.5 Å². The van der Waals surface area contributed by atoms with E-state index in [9.17, 15) is 55.2 Å². The zero-order chi connectivity index (χ0) is 36.4. The van der Waals surface area contributed by atoms with Gasteiger partial charge in [0.1, 0.15) is 73.1 Å². The van der Waals surface area contributed by atoms with Crippen molar-refractivity contribution in [2.24, 2.45) is 0 Å². The molecule has 0 radical (unpaired) electrons. The lowest BCUT2D eigenvalue weighted by molar-refractivity contribution is -0.374. The number of carbonyl (C=O) groups is 3. The molecule has 20 heteroatoms. The zero-order valence-electron chi connectivity index (χ0n) is 27.5. The first-order valence-corrected chi connectivity index (χ1v) is 16.0. The molecule has 3 saturated heterocycles. The SMILES string of the molecule is COC(=O)CCCCCO[C@@H]1O[C@H](CO)[C@H](O[C@@H]2O[C@H](CO)[C@@H](O)[C@H](O)[C@H]2NC(C)=O)[C@H](O[C@@H]2O[C@H](CO)[C@@H](O)[C@H](O)[C@H]2NC(C)=O)[C@H]1O. The van der Waals surface area contributed by atoms with Crippen molar-refractivity contribution in [3.8, 4) is 0 Å². The van der Waals surface area contributed by atoms with E-state index in [4.69, 9.17) is 28.4 Å². The maximum Gasteiger partial charge on any atom is 0.305 e. The van der Waals surface area contributed by atoms with Crippen molar-refractivity contribution in [3.05, 3.63) is 0 Å². The number of nitrogens with one attached hydrogen (secondary N) is 2. The van der Waals surface area contributed by atoms with E-state index in [0.717, 1.165) is 13.8 Å². The van der Waals surface area contributed by atoms with Crippen molar-refractivity contribution in [1.29, 1.82) is 0 Å². The molecule has 10 N–H and O–H groups in total. The molecule has 49 heavy (non-hydrogen) atoms. The maximum absolute atomic E-state index is 12.0. The second kappa shape index (κ2) is 19.5. The number of amides is 2. The van der Waals surface area contributed by atoms with Gasteiger partial charge in [-0.25, -0.2) is 0 Å². The van der Waals surface area contributed by atoms with Crippen molar-refractivity contribution in [2.45, 2.75) is 132 Å². The number of methoxy groups -OCH3 is 1. The van der Waals surface area contributed by atoms with Crippen LogP contribution < -0.4 is 10.6 Å². The summed E-state index contributed by atoms with van der Waals surface area (Å²) in [5.41, 5.74) is 0. The highest BCUT2D eigenvalue weighted by Crippen LogP contribution is 2.34. The van der Waals surface area contributed by atoms with E-state index in [1.807, 2.05) is 0 Å². The average Bonchev–Trinajstić information content (AvgIpc) is 3.07. The van der Waals surface area contributed by atoms with Crippen LogP contribution >= 0.6 is 0 Å². The highest BCUT2D eigenvalue weighted by Gasteiger charge is 2.55. The first-order valence-electron chi connectivity index (χ1n) is 16.0. The first kappa shape index (κ1) is 41.3. The molecule has 0 aromatic rings. The summed E-state index contributed by atoms with van der Waals surface area (Å²) in [6, 6.07) is -2.90. The van der Waals surface area contributed by atoms with Crippen LogP contribution in [0.4, 0.5) is 0 Å². The van der Waals surface area contributed by atoms with Crippen LogP contribution in [0, 0.1) is 0 Å². The van der Waals surface area contributed by atoms with Crippen molar-refractivity contribution in [1.82, 2.24) is 10.6 Å². The Bertz CT molecular complexity index is 1060. The van der Waals surface area contributed by atoms with Crippen molar-refractivity contribution < 1.29 is 88.4 Å². The molecule has 3 aliphatic heterocycles. The lowest BCUT2D eigenvalue weighted by Gasteiger charge is -2.50. The van der Waals surface area contributed by atoms with Gasteiger partial charge in [-0.1, -0.05) is 6.42 Å². The van der Waals surface area contributed by atoms with E-state index >= 15 is 0 Å². The summed E-state index contributed by atoms with van der Waals surface area (Å²) >= 11 is 0. The lowest BCUT2D eigenvalue weighted by atomic mass is 9.94. The summed E-state index contributed by atoms with van der Waals surface area (Å²) in [6.07, 6.45) is -19.1. The fourth-order valence-corrected chi connectivity index (χ4v) is 5.83. The molecule has 20 nitrogen and oxygen atoms in total. The molecule has 3 rings (SSSR count). The van der Waals surface area contributed by atoms with Gasteiger partial charge in [0.25, 0.3) is 0 Å². The van der Waals surface area contributed by atoms with Crippen LogP contribution in [0.5, 0.6) is 0 Å². The van der Waals surface area contributed by atoms with E-state index in [0.29, 0.717) is 19.3 Å². The summed E-state index contributed by atoms with van der Waals surface area (Å²) in [5, 5.41) is 88.8. The highest BCUT2D eigenvalue weighted by molar-refractivity contribution is 5.73. The van der Waals surface area contributed by atoms with Crippen LogP contribution in [-0.4, -0.2) is 184 Å². The Balaban J connectivity index is 1.93.